The van der Waals surface area contributed by atoms with Gasteiger partial charge in [-0.05, 0) is 0 Å². The predicted octanol–water partition coefficient (Wildman–Crippen LogP) is 2.30. The zero-order chi connectivity index (χ0) is 9.23. The van der Waals surface area contributed by atoms with Crippen molar-refractivity contribution in [3.63, 3.8) is 0 Å². The Balaban J connectivity index is 3.37. The Morgan fingerprint density at radius 3 is 2.58 bits per heavy atom. The Bertz CT molecular complexity index is 112. The Kier molecular flexibility index (Phi) is 9.62. The molecule has 0 saturated heterocycles. The number of hydrogen-bond donors (Lipinski definition) is 1. The van der Waals surface area contributed by atoms with Crippen LogP contribution in [0.25, 0.3) is 0 Å². The Labute approximate surface area is 86.2 Å². The first-order chi connectivity index (χ1) is 5.85. The van der Waals surface area contributed by atoms with E-state index >= 15 is 0 Å². The van der Waals surface area contributed by atoms with Gasteiger partial charge in [-0.25, -0.2) is 0 Å². The molecule has 0 heterocycles. The molecule has 1 unspecified atom stereocenters. The van der Waals surface area contributed by atoms with Gasteiger partial charge in [0.25, 0.3) is 0 Å². The van der Waals surface area contributed by atoms with Crippen LogP contribution in [-0.2, 0) is 0 Å². The number of allylic oxidation sites excluding steroid dienone is 1. The van der Waals surface area contributed by atoms with Crippen molar-refractivity contribution in [2.75, 3.05) is 6.54 Å². The Hall–Kier alpha value is 0.297. The molecule has 0 saturated carbocycles. The van der Waals surface area contributed by atoms with Gasteiger partial charge in [0.05, 0.1) is 0 Å². The van der Waals surface area contributed by atoms with E-state index in [9.17, 15) is 0 Å². The van der Waals surface area contributed by atoms with Gasteiger partial charge in [-0.2, -0.15) is 0 Å². The standard InChI is InChI=1S/C10H20N.Li/c1-4-7-9-11-10(6-3)8-5-2;/h4,7,10-11H,1,5-6,8-9H2,2-3H3;. The SMILES string of the molecule is [Li][CH2]C=CCNC(CC)CCC. The monoisotopic (exact) mass is 161 g/mol. The van der Waals surface area contributed by atoms with Crippen molar-refractivity contribution in [1.29, 1.82) is 0 Å². The average Bonchev–Trinajstić information content (AvgIpc) is 2.10. The second-order valence-corrected chi connectivity index (χ2v) is 3.18. The first-order valence-corrected chi connectivity index (χ1v) is 5.23. The third kappa shape index (κ3) is 6.97. The van der Waals surface area contributed by atoms with Crippen LogP contribution in [-0.4, -0.2) is 30.3 Å². The number of hydrogen-bond acceptors (Lipinski definition) is 1. The van der Waals surface area contributed by atoms with E-state index in [1.165, 1.54) is 19.3 Å². The van der Waals surface area contributed by atoms with E-state index < -0.39 is 0 Å². The van der Waals surface area contributed by atoms with E-state index in [1.54, 1.807) is 0 Å². The molecular weight excluding hydrogens is 141 g/mol. The van der Waals surface area contributed by atoms with Gasteiger partial charge in [0, 0.05) is 0 Å². The second-order valence-electron chi connectivity index (χ2n) is 3.18. The van der Waals surface area contributed by atoms with Gasteiger partial charge >= 0.3 is 86.0 Å². The summed E-state index contributed by atoms with van der Waals surface area (Å²) in [7, 11) is 0. The number of nitrogens with one attached hydrogen (secondary N) is 1. The van der Waals surface area contributed by atoms with Crippen LogP contribution >= 0.6 is 0 Å². The van der Waals surface area contributed by atoms with Gasteiger partial charge in [-0.1, -0.05) is 0 Å². The molecule has 0 bridgehead atoms. The minimum absolute atomic E-state index is 0.719. The maximum atomic E-state index is 3.52. The summed E-state index contributed by atoms with van der Waals surface area (Å²) in [6.45, 7) is 5.52. The summed E-state index contributed by atoms with van der Waals surface area (Å²) < 4.78 is 0. The van der Waals surface area contributed by atoms with E-state index in [2.05, 4.69) is 49.0 Å². The van der Waals surface area contributed by atoms with E-state index in [4.69, 9.17) is 0 Å². The topological polar surface area (TPSA) is 12.0 Å². The minimum atomic E-state index is 0.719. The van der Waals surface area contributed by atoms with Crippen LogP contribution in [0.2, 0.25) is 5.09 Å². The fourth-order valence-corrected chi connectivity index (χ4v) is 1.28. The molecule has 12 heavy (non-hydrogen) atoms. The fraction of sp³-hybridized carbons (Fsp3) is 0.800. The molecule has 66 valence electrons. The van der Waals surface area contributed by atoms with Crippen molar-refractivity contribution in [2.45, 2.75) is 44.2 Å². The van der Waals surface area contributed by atoms with Crippen LogP contribution in [0.15, 0.2) is 12.2 Å². The first-order valence-electron chi connectivity index (χ1n) is 5.23. The molecule has 0 aromatic carbocycles. The summed E-state index contributed by atoms with van der Waals surface area (Å²) in [5, 5.41) is 4.66. The summed E-state index contributed by atoms with van der Waals surface area (Å²) in [6, 6.07) is 0.719. The van der Waals surface area contributed by atoms with Crippen molar-refractivity contribution in [3.8, 4) is 0 Å². The van der Waals surface area contributed by atoms with Crippen molar-refractivity contribution in [1.82, 2.24) is 5.32 Å². The molecule has 0 radical (unpaired) electrons. The molecule has 0 aliphatic heterocycles. The molecule has 0 amide bonds. The predicted molar refractivity (Wildman–Crippen MR) is 56.7 cm³/mol. The molecule has 0 aliphatic rings. The normalized spacial score (nSPS) is 14.0. The Morgan fingerprint density at radius 2 is 2.08 bits per heavy atom. The number of rotatable bonds is 7. The summed E-state index contributed by atoms with van der Waals surface area (Å²) in [5.74, 6) is 0. The first kappa shape index (κ1) is 12.3. The zero-order valence-corrected chi connectivity index (χ0v) is 8.77. The van der Waals surface area contributed by atoms with Crippen molar-refractivity contribution >= 4 is 17.7 Å². The van der Waals surface area contributed by atoms with Crippen LogP contribution in [0.1, 0.15) is 33.1 Å². The van der Waals surface area contributed by atoms with Crippen LogP contribution < -0.4 is 5.32 Å². The molecule has 0 fully saturated rings. The quantitative estimate of drug-likeness (QED) is 0.446. The van der Waals surface area contributed by atoms with Crippen LogP contribution in [0.3, 0.4) is 0 Å². The Morgan fingerprint density at radius 1 is 1.33 bits per heavy atom. The molecule has 1 nitrogen and oxygen atoms in total. The van der Waals surface area contributed by atoms with Crippen molar-refractivity contribution < 1.29 is 0 Å². The summed E-state index contributed by atoms with van der Waals surface area (Å²) in [5.41, 5.74) is 0. The average molecular weight is 161 g/mol. The van der Waals surface area contributed by atoms with Crippen LogP contribution in [0.4, 0.5) is 0 Å². The third-order valence-electron chi connectivity index (χ3n) is 2.06. The molecular formula is C10H20LiN. The van der Waals surface area contributed by atoms with E-state index in [0.717, 1.165) is 17.7 Å². The zero-order valence-electron chi connectivity index (χ0n) is 8.77. The van der Waals surface area contributed by atoms with E-state index in [-0.39, 0.29) is 0 Å². The van der Waals surface area contributed by atoms with E-state index in [0.29, 0.717) is 0 Å². The van der Waals surface area contributed by atoms with Crippen LogP contribution in [0, 0.1) is 0 Å². The molecule has 0 spiro atoms. The van der Waals surface area contributed by atoms with Gasteiger partial charge in [-0.15, -0.1) is 0 Å². The molecule has 1 atom stereocenters. The molecule has 0 aromatic rings. The van der Waals surface area contributed by atoms with Crippen molar-refractivity contribution in [3.05, 3.63) is 12.2 Å². The van der Waals surface area contributed by atoms with E-state index in [1.807, 2.05) is 0 Å². The molecule has 1 N–H and O–H groups in total. The molecule has 0 aromatic heterocycles. The fourth-order valence-electron chi connectivity index (χ4n) is 1.28. The molecule has 0 rings (SSSR count). The van der Waals surface area contributed by atoms with Gasteiger partial charge in [-0.3, -0.25) is 0 Å². The van der Waals surface area contributed by atoms with Crippen LogP contribution in [0.5, 0.6) is 0 Å². The van der Waals surface area contributed by atoms with Gasteiger partial charge in [0.1, 0.15) is 0 Å². The van der Waals surface area contributed by atoms with Crippen molar-refractivity contribution in [2.24, 2.45) is 0 Å². The molecule has 0 aliphatic carbocycles. The maximum absolute atomic E-state index is 3.52. The second kappa shape index (κ2) is 9.39. The van der Waals surface area contributed by atoms with Gasteiger partial charge in [0.15, 0.2) is 0 Å². The molecule has 2 heteroatoms. The third-order valence-corrected chi connectivity index (χ3v) is 2.06. The summed E-state index contributed by atoms with van der Waals surface area (Å²) in [6.07, 6.45) is 8.26. The van der Waals surface area contributed by atoms with Gasteiger partial charge in [0.2, 0.25) is 0 Å². The van der Waals surface area contributed by atoms with Gasteiger partial charge < -0.3 is 0 Å². The summed E-state index contributed by atoms with van der Waals surface area (Å²) in [4.78, 5) is 0. The summed E-state index contributed by atoms with van der Waals surface area (Å²) >= 11 is 2.17.